The summed E-state index contributed by atoms with van der Waals surface area (Å²) in [5, 5.41) is 4.82. The molecule has 2 N–H and O–H groups in total. The molecule has 0 saturated carbocycles. The number of aromatic nitrogens is 2. The van der Waals surface area contributed by atoms with E-state index in [0.717, 1.165) is 32.2 Å². The van der Waals surface area contributed by atoms with Crippen LogP contribution in [0.25, 0.3) is 0 Å². The van der Waals surface area contributed by atoms with Crippen molar-refractivity contribution in [1.29, 1.82) is 0 Å². The normalized spacial score (nSPS) is 13.8. The van der Waals surface area contributed by atoms with Crippen LogP contribution in [0.3, 0.4) is 0 Å². The van der Waals surface area contributed by atoms with Crippen molar-refractivity contribution in [3.63, 3.8) is 0 Å². The lowest BCUT2D eigenvalue weighted by Crippen LogP contribution is -2.19. The summed E-state index contributed by atoms with van der Waals surface area (Å²) in [5.41, 5.74) is 10.4. The van der Waals surface area contributed by atoms with Gasteiger partial charge in [-0.25, -0.2) is 0 Å². The standard InChI is InChI=1S/C16H31N3/c1-7-14-13(11-12(3)17)15(8-2)19(18-14)10-9-16(4,5)6/h12H,7-11,17H2,1-6H3. The molecule has 1 rings (SSSR count). The first-order valence-corrected chi connectivity index (χ1v) is 7.61. The molecule has 3 nitrogen and oxygen atoms in total. The minimum atomic E-state index is 0.205. The Balaban J connectivity index is 3.01. The van der Waals surface area contributed by atoms with Crippen molar-refractivity contribution in [3.8, 4) is 0 Å². The van der Waals surface area contributed by atoms with E-state index in [4.69, 9.17) is 10.8 Å². The van der Waals surface area contributed by atoms with Crippen molar-refractivity contribution in [2.24, 2.45) is 11.1 Å². The van der Waals surface area contributed by atoms with Gasteiger partial charge >= 0.3 is 0 Å². The number of rotatable bonds is 6. The fourth-order valence-electron chi connectivity index (χ4n) is 2.45. The summed E-state index contributed by atoms with van der Waals surface area (Å²) in [4.78, 5) is 0. The Kier molecular flexibility index (Phi) is 5.60. The number of hydrogen-bond donors (Lipinski definition) is 1. The quantitative estimate of drug-likeness (QED) is 0.857. The third-order valence-electron chi connectivity index (χ3n) is 3.52. The highest BCUT2D eigenvalue weighted by Gasteiger charge is 2.18. The van der Waals surface area contributed by atoms with Gasteiger partial charge in [0.1, 0.15) is 0 Å². The topological polar surface area (TPSA) is 43.8 Å². The summed E-state index contributed by atoms with van der Waals surface area (Å²) in [5.74, 6) is 0. The van der Waals surface area contributed by atoms with Crippen LogP contribution in [0.5, 0.6) is 0 Å². The molecule has 110 valence electrons. The molecule has 0 aliphatic rings. The maximum atomic E-state index is 5.99. The Hall–Kier alpha value is -0.830. The van der Waals surface area contributed by atoms with Gasteiger partial charge in [0.2, 0.25) is 0 Å². The Morgan fingerprint density at radius 1 is 1.21 bits per heavy atom. The van der Waals surface area contributed by atoms with Crippen LogP contribution in [0.15, 0.2) is 0 Å². The van der Waals surface area contributed by atoms with E-state index in [2.05, 4.69) is 46.2 Å². The van der Waals surface area contributed by atoms with E-state index in [-0.39, 0.29) is 6.04 Å². The molecule has 1 unspecified atom stereocenters. The molecule has 0 fully saturated rings. The molecule has 3 heteroatoms. The maximum Gasteiger partial charge on any atom is 0.0657 e. The first kappa shape index (κ1) is 16.2. The smallest absolute Gasteiger partial charge is 0.0657 e. The average molecular weight is 265 g/mol. The molecule has 1 heterocycles. The monoisotopic (exact) mass is 265 g/mol. The van der Waals surface area contributed by atoms with Gasteiger partial charge in [-0.2, -0.15) is 5.10 Å². The number of aryl methyl sites for hydroxylation is 2. The largest absolute Gasteiger partial charge is 0.328 e. The zero-order chi connectivity index (χ0) is 14.6. The Morgan fingerprint density at radius 3 is 2.26 bits per heavy atom. The molecule has 0 bridgehead atoms. The van der Waals surface area contributed by atoms with Crippen LogP contribution in [0.1, 0.15) is 64.9 Å². The van der Waals surface area contributed by atoms with Gasteiger partial charge in [-0.05, 0) is 43.6 Å². The lowest BCUT2D eigenvalue weighted by molar-refractivity contribution is 0.337. The van der Waals surface area contributed by atoms with Gasteiger partial charge in [0.05, 0.1) is 5.69 Å². The van der Waals surface area contributed by atoms with Gasteiger partial charge in [0.15, 0.2) is 0 Å². The van der Waals surface area contributed by atoms with E-state index in [0.29, 0.717) is 5.41 Å². The SMILES string of the molecule is CCc1nn(CCC(C)(C)C)c(CC)c1CC(C)N. The second-order valence-electron chi connectivity index (χ2n) is 6.79. The van der Waals surface area contributed by atoms with Crippen molar-refractivity contribution in [2.45, 2.75) is 79.8 Å². The fraction of sp³-hybridized carbons (Fsp3) is 0.812. The predicted molar refractivity (Wildman–Crippen MR) is 82.4 cm³/mol. The van der Waals surface area contributed by atoms with Crippen LogP contribution in [-0.4, -0.2) is 15.8 Å². The lowest BCUT2D eigenvalue weighted by atomic mass is 9.92. The average Bonchev–Trinajstić information content (AvgIpc) is 2.62. The van der Waals surface area contributed by atoms with E-state index in [9.17, 15) is 0 Å². The first-order valence-electron chi connectivity index (χ1n) is 7.61. The third kappa shape index (κ3) is 4.64. The summed E-state index contributed by atoms with van der Waals surface area (Å²) < 4.78 is 2.22. The second-order valence-corrected chi connectivity index (χ2v) is 6.79. The summed E-state index contributed by atoms with van der Waals surface area (Å²) in [6.45, 7) is 14.3. The summed E-state index contributed by atoms with van der Waals surface area (Å²) in [6.07, 6.45) is 4.14. The highest BCUT2D eigenvalue weighted by atomic mass is 15.3. The Bertz CT molecular complexity index is 397. The van der Waals surface area contributed by atoms with Crippen molar-refractivity contribution < 1.29 is 0 Å². The van der Waals surface area contributed by atoms with Gasteiger partial charge < -0.3 is 5.73 Å². The van der Waals surface area contributed by atoms with Crippen LogP contribution in [0.2, 0.25) is 0 Å². The van der Waals surface area contributed by atoms with Gasteiger partial charge in [0, 0.05) is 18.3 Å². The first-order chi connectivity index (χ1) is 8.78. The van der Waals surface area contributed by atoms with Gasteiger partial charge in [-0.3, -0.25) is 4.68 Å². The molecule has 1 aromatic rings. The van der Waals surface area contributed by atoms with Crippen LogP contribution in [-0.2, 0) is 25.8 Å². The molecule has 0 aliphatic heterocycles. The molecular formula is C16H31N3. The molecule has 0 aliphatic carbocycles. The van der Waals surface area contributed by atoms with E-state index < -0.39 is 0 Å². The molecule has 0 aromatic carbocycles. The molecule has 1 aromatic heterocycles. The van der Waals surface area contributed by atoms with Crippen molar-refractivity contribution in [2.75, 3.05) is 0 Å². The van der Waals surface area contributed by atoms with Gasteiger partial charge in [0.25, 0.3) is 0 Å². The molecule has 0 spiro atoms. The zero-order valence-electron chi connectivity index (χ0n) is 13.6. The van der Waals surface area contributed by atoms with Crippen LogP contribution in [0, 0.1) is 5.41 Å². The molecular weight excluding hydrogens is 234 g/mol. The molecule has 0 amide bonds. The highest BCUT2D eigenvalue weighted by molar-refractivity contribution is 5.27. The van der Waals surface area contributed by atoms with E-state index in [1.165, 1.54) is 17.0 Å². The van der Waals surface area contributed by atoms with Crippen molar-refractivity contribution in [3.05, 3.63) is 17.0 Å². The van der Waals surface area contributed by atoms with Crippen LogP contribution >= 0.6 is 0 Å². The number of nitrogens with two attached hydrogens (primary N) is 1. The van der Waals surface area contributed by atoms with Gasteiger partial charge in [-0.1, -0.05) is 34.6 Å². The third-order valence-corrected chi connectivity index (χ3v) is 3.52. The molecule has 0 saturated heterocycles. The Morgan fingerprint density at radius 2 is 1.84 bits per heavy atom. The van der Waals surface area contributed by atoms with Crippen LogP contribution in [0.4, 0.5) is 0 Å². The molecule has 0 radical (unpaired) electrons. The van der Waals surface area contributed by atoms with Gasteiger partial charge in [-0.15, -0.1) is 0 Å². The lowest BCUT2D eigenvalue weighted by Gasteiger charge is -2.18. The molecule has 19 heavy (non-hydrogen) atoms. The number of nitrogens with zero attached hydrogens (tertiary/aromatic N) is 2. The summed E-state index contributed by atoms with van der Waals surface area (Å²) in [7, 11) is 0. The minimum absolute atomic E-state index is 0.205. The maximum absolute atomic E-state index is 5.99. The molecule has 1 atom stereocenters. The predicted octanol–water partition coefficient (Wildman–Crippen LogP) is 3.33. The minimum Gasteiger partial charge on any atom is -0.328 e. The van der Waals surface area contributed by atoms with E-state index in [1.807, 2.05) is 0 Å². The fourth-order valence-corrected chi connectivity index (χ4v) is 2.45. The second kappa shape index (κ2) is 6.56. The Labute approximate surface area is 118 Å². The summed E-state index contributed by atoms with van der Waals surface area (Å²) >= 11 is 0. The van der Waals surface area contributed by atoms with E-state index >= 15 is 0 Å². The number of hydrogen-bond acceptors (Lipinski definition) is 2. The zero-order valence-corrected chi connectivity index (χ0v) is 13.6. The van der Waals surface area contributed by atoms with Crippen molar-refractivity contribution in [1.82, 2.24) is 9.78 Å². The van der Waals surface area contributed by atoms with E-state index in [1.54, 1.807) is 0 Å². The van der Waals surface area contributed by atoms with Crippen molar-refractivity contribution >= 4 is 0 Å². The summed E-state index contributed by atoms with van der Waals surface area (Å²) in [6, 6.07) is 0.205. The highest BCUT2D eigenvalue weighted by Crippen LogP contribution is 2.23. The van der Waals surface area contributed by atoms with Crippen LogP contribution < -0.4 is 5.73 Å².